The summed E-state index contributed by atoms with van der Waals surface area (Å²) < 4.78 is 4.91. The van der Waals surface area contributed by atoms with Crippen LogP contribution < -0.4 is 5.73 Å². The van der Waals surface area contributed by atoms with Gasteiger partial charge >= 0.3 is 5.97 Å². The number of nitrogens with two attached hydrogens (primary N) is 1. The fourth-order valence-electron chi connectivity index (χ4n) is 1.43. The number of H-pyrrole nitrogens is 1. The van der Waals surface area contributed by atoms with Crippen LogP contribution in [-0.4, -0.2) is 17.5 Å². The maximum Gasteiger partial charge on any atom is 0.320 e. The number of fused-ring (bicyclic) bond motifs is 1. The van der Waals surface area contributed by atoms with E-state index >= 15 is 0 Å². The molecular formula is C11H12N2O2. The smallest absolute Gasteiger partial charge is 0.320 e. The first-order valence-electron chi connectivity index (χ1n) is 4.72. The van der Waals surface area contributed by atoms with Gasteiger partial charge in [0.15, 0.2) is 0 Å². The average molecular weight is 204 g/mol. The molecule has 78 valence electrons. The Labute approximate surface area is 87.0 Å². The van der Waals surface area contributed by atoms with Gasteiger partial charge in [0, 0.05) is 5.52 Å². The Kier molecular flexibility index (Phi) is 2.69. The average Bonchev–Trinajstić information content (AvgIpc) is 2.68. The molecule has 1 heterocycles. The van der Waals surface area contributed by atoms with Gasteiger partial charge < -0.3 is 15.5 Å². The second kappa shape index (κ2) is 4.14. The lowest BCUT2D eigenvalue weighted by atomic mass is 10.2. The third kappa shape index (κ3) is 2.16. The zero-order valence-corrected chi connectivity index (χ0v) is 8.19. The first-order chi connectivity index (χ1) is 7.29. The minimum atomic E-state index is -0.395. The molecule has 15 heavy (non-hydrogen) atoms. The van der Waals surface area contributed by atoms with Crippen LogP contribution in [0.2, 0.25) is 0 Å². The van der Waals surface area contributed by atoms with Gasteiger partial charge in [0.2, 0.25) is 0 Å². The number of benzene rings is 1. The quantitative estimate of drug-likeness (QED) is 0.737. The molecule has 0 fully saturated rings. The van der Waals surface area contributed by atoms with Gasteiger partial charge in [-0.05, 0) is 17.5 Å². The Morgan fingerprint density at radius 2 is 2.20 bits per heavy atom. The third-order valence-electron chi connectivity index (χ3n) is 2.14. The number of esters is 1. The predicted molar refractivity (Wildman–Crippen MR) is 57.1 cm³/mol. The highest BCUT2D eigenvalue weighted by Gasteiger charge is 2.02. The van der Waals surface area contributed by atoms with E-state index in [0.29, 0.717) is 0 Å². The van der Waals surface area contributed by atoms with E-state index in [4.69, 9.17) is 10.5 Å². The zero-order chi connectivity index (χ0) is 10.7. The Balaban J connectivity index is 2.12. The van der Waals surface area contributed by atoms with E-state index < -0.39 is 5.97 Å². The van der Waals surface area contributed by atoms with E-state index in [1.165, 1.54) is 0 Å². The molecule has 4 heteroatoms. The molecule has 4 nitrogen and oxygen atoms in total. The van der Waals surface area contributed by atoms with E-state index in [0.717, 1.165) is 16.6 Å². The molecule has 0 spiro atoms. The number of para-hydroxylation sites is 1. The van der Waals surface area contributed by atoms with Crippen molar-refractivity contribution in [3.8, 4) is 0 Å². The molecule has 0 aliphatic rings. The van der Waals surface area contributed by atoms with Crippen molar-refractivity contribution in [3.05, 3.63) is 36.0 Å². The van der Waals surface area contributed by atoms with Crippen LogP contribution in [0.15, 0.2) is 30.3 Å². The summed E-state index contributed by atoms with van der Waals surface area (Å²) in [4.78, 5) is 14.0. The summed E-state index contributed by atoms with van der Waals surface area (Å²) in [6, 6.07) is 9.85. The predicted octanol–water partition coefficient (Wildman–Crippen LogP) is 1.17. The minimum Gasteiger partial charge on any atom is -0.458 e. The van der Waals surface area contributed by atoms with Crippen LogP contribution in [0, 0.1) is 0 Å². The molecular weight excluding hydrogens is 192 g/mol. The van der Waals surface area contributed by atoms with Crippen LogP contribution in [0.25, 0.3) is 10.9 Å². The van der Waals surface area contributed by atoms with Crippen LogP contribution in [0.4, 0.5) is 0 Å². The molecule has 0 radical (unpaired) electrons. The van der Waals surface area contributed by atoms with Crippen LogP contribution in [-0.2, 0) is 16.1 Å². The Bertz CT molecular complexity index is 443. The lowest BCUT2D eigenvalue weighted by Gasteiger charge is -1.99. The second-order valence-corrected chi connectivity index (χ2v) is 3.25. The van der Waals surface area contributed by atoms with Crippen LogP contribution >= 0.6 is 0 Å². The topological polar surface area (TPSA) is 68.1 Å². The number of carbonyl (C=O) groups excluding carboxylic acids is 1. The fourth-order valence-corrected chi connectivity index (χ4v) is 1.43. The minimum absolute atomic E-state index is 0.0831. The SMILES string of the molecule is NCC(=O)OCc1cc2ccccc2[nH]1. The fraction of sp³-hybridized carbons (Fsp3) is 0.182. The number of ether oxygens (including phenoxy) is 1. The number of nitrogens with one attached hydrogen (secondary N) is 1. The molecule has 1 aromatic carbocycles. The Morgan fingerprint density at radius 1 is 1.40 bits per heavy atom. The van der Waals surface area contributed by atoms with Crippen molar-refractivity contribution in [1.82, 2.24) is 4.98 Å². The van der Waals surface area contributed by atoms with Gasteiger partial charge in [-0.15, -0.1) is 0 Å². The second-order valence-electron chi connectivity index (χ2n) is 3.25. The molecule has 0 aliphatic heterocycles. The largest absolute Gasteiger partial charge is 0.458 e. The van der Waals surface area contributed by atoms with Crippen molar-refractivity contribution >= 4 is 16.9 Å². The first kappa shape index (κ1) is 9.73. The molecule has 0 atom stereocenters. The molecule has 0 saturated heterocycles. The summed E-state index contributed by atoms with van der Waals surface area (Å²) in [5.41, 5.74) is 7.04. The first-order valence-corrected chi connectivity index (χ1v) is 4.72. The van der Waals surface area contributed by atoms with Gasteiger partial charge in [0.25, 0.3) is 0 Å². The van der Waals surface area contributed by atoms with Crippen molar-refractivity contribution in [2.24, 2.45) is 5.73 Å². The molecule has 1 aromatic heterocycles. The maximum absolute atomic E-state index is 10.8. The summed E-state index contributed by atoms with van der Waals surface area (Å²) in [6.07, 6.45) is 0. The van der Waals surface area contributed by atoms with Gasteiger partial charge in [-0.2, -0.15) is 0 Å². The monoisotopic (exact) mass is 204 g/mol. The van der Waals surface area contributed by atoms with Gasteiger partial charge in [-0.3, -0.25) is 4.79 Å². The maximum atomic E-state index is 10.8. The lowest BCUT2D eigenvalue weighted by Crippen LogP contribution is -2.16. The molecule has 0 aliphatic carbocycles. The van der Waals surface area contributed by atoms with Crippen LogP contribution in [0.3, 0.4) is 0 Å². The lowest BCUT2D eigenvalue weighted by molar-refractivity contribution is -0.143. The van der Waals surface area contributed by atoms with Gasteiger partial charge in [-0.1, -0.05) is 18.2 Å². The highest BCUT2D eigenvalue weighted by molar-refractivity contribution is 5.80. The van der Waals surface area contributed by atoms with Gasteiger partial charge in [0.1, 0.15) is 6.61 Å². The molecule has 0 bridgehead atoms. The van der Waals surface area contributed by atoms with Gasteiger partial charge in [-0.25, -0.2) is 0 Å². The molecule has 0 unspecified atom stereocenters. The summed E-state index contributed by atoms with van der Waals surface area (Å²) in [5.74, 6) is -0.395. The number of aromatic nitrogens is 1. The molecule has 0 amide bonds. The normalized spacial score (nSPS) is 10.5. The van der Waals surface area contributed by atoms with Gasteiger partial charge in [0.05, 0.1) is 12.2 Å². The molecule has 0 saturated carbocycles. The highest BCUT2D eigenvalue weighted by atomic mass is 16.5. The number of rotatable bonds is 3. The van der Waals surface area contributed by atoms with Crippen molar-refractivity contribution < 1.29 is 9.53 Å². The van der Waals surface area contributed by atoms with Crippen molar-refractivity contribution in [1.29, 1.82) is 0 Å². The Hall–Kier alpha value is -1.81. The molecule has 2 aromatic rings. The Morgan fingerprint density at radius 3 is 2.93 bits per heavy atom. The van der Waals surface area contributed by atoms with Crippen molar-refractivity contribution in [2.45, 2.75) is 6.61 Å². The molecule has 3 N–H and O–H groups in total. The summed E-state index contributed by atoms with van der Waals surface area (Å²) in [5, 5.41) is 1.11. The van der Waals surface area contributed by atoms with E-state index in [1.807, 2.05) is 30.3 Å². The van der Waals surface area contributed by atoms with Crippen molar-refractivity contribution in [3.63, 3.8) is 0 Å². The number of hydrogen-bond acceptors (Lipinski definition) is 3. The van der Waals surface area contributed by atoms with E-state index in [2.05, 4.69) is 4.98 Å². The number of aromatic amines is 1. The number of carbonyl (C=O) groups is 1. The van der Waals surface area contributed by atoms with E-state index in [9.17, 15) is 4.79 Å². The summed E-state index contributed by atoms with van der Waals surface area (Å²) in [6.45, 7) is 0.158. The van der Waals surface area contributed by atoms with E-state index in [-0.39, 0.29) is 13.2 Å². The summed E-state index contributed by atoms with van der Waals surface area (Å²) in [7, 11) is 0. The summed E-state index contributed by atoms with van der Waals surface area (Å²) >= 11 is 0. The standard InChI is InChI=1S/C11H12N2O2/c12-6-11(14)15-7-9-5-8-3-1-2-4-10(8)13-9/h1-5,13H,6-7,12H2. The van der Waals surface area contributed by atoms with Crippen LogP contribution in [0.5, 0.6) is 0 Å². The highest BCUT2D eigenvalue weighted by Crippen LogP contribution is 2.14. The van der Waals surface area contributed by atoms with Crippen LogP contribution in [0.1, 0.15) is 5.69 Å². The third-order valence-corrected chi connectivity index (χ3v) is 2.14. The zero-order valence-electron chi connectivity index (χ0n) is 8.19. The molecule has 2 rings (SSSR count). The van der Waals surface area contributed by atoms with E-state index in [1.54, 1.807) is 0 Å². The van der Waals surface area contributed by atoms with Crippen molar-refractivity contribution in [2.75, 3.05) is 6.54 Å². The number of hydrogen-bond donors (Lipinski definition) is 2.